The maximum atomic E-state index is 12.8. The van der Waals surface area contributed by atoms with Crippen molar-refractivity contribution in [3.8, 4) is 0 Å². The predicted octanol–water partition coefficient (Wildman–Crippen LogP) is 1.39. The lowest BCUT2D eigenvalue weighted by Gasteiger charge is -2.34. The number of para-hydroxylation sites is 1. The molecule has 130 valence electrons. The monoisotopic (exact) mass is 332 g/mol. The summed E-state index contributed by atoms with van der Waals surface area (Å²) < 4.78 is 0. The van der Waals surface area contributed by atoms with Gasteiger partial charge in [0.1, 0.15) is 12.6 Å². The molecular weight excluding hydrogens is 308 g/mol. The Hall–Kier alpha value is -2.57. The molecule has 1 aromatic carbocycles. The van der Waals surface area contributed by atoms with Crippen molar-refractivity contribution in [1.29, 1.82) is 0 Å². The van der Waals surface area contributed by atoms with Crippen molar-refractivity contribution in [3.05, 3.63) is 29.8 Å². The molecule has 3 N–H and O–H groups in total. The molecule has 4 amide bonds. The maximum absolute atomic E-state index is 12.8. The number of hydrogen-bond donors (Lipinski definition) is 2. The van der Waals surface area contributed by atoms with E-state index in [1.807, 2.05) is 38.1 Å². The van der Waals surface area contributed by atoms with Crippen LogP contribution in [0.25, 0.3) is 0 Å². The van der Waals surface area contributed by atoms with Crippen LogP contribution in [-0.2, 0) is 16.1 Å². The third-order valence-corrected chi connectivity index (χ3v) is 4.37. The highest BCUT2D eigenvalue weighted by atomic mass is 16.2. The van der Waals surface area contributed by atoms with Crippen molar-refractivity contribution in [2.75, 3.05) is 18.9 Å². The molecule has 2 atom stereocenters. The molecule has 24 heavy (non-hydrogen) atoms. The predicted molar refractivity (Wildman–Crippen MR) is 91.1 cm³/mol. The Balaban J connectivity index is 2.40. The first-order chi connectivity index (χ1) is 11.3. The topological polar surface area (TPSA) is 95.7 Å². The summed E-state index contributed by atoms with van der Waals surface area (Å²) in [5.74, 6) is -0.828. The van der Waals surface area contributed by atoms with Gasteiger partial charge in [0.05, 0.1) is 6.54 Å². The number of carbonyl (C=O) groups is 3. The molecule has 0 saturated carbocycles. The van der Waals surface area contributed by atoms with Crippen molar-refractivity contribution < 1.29 is 14.4 Å². The molecular formula is C17H24N4O3. The zero-order valence-electron chi connectivity index (χ0n) is 14.3. The molecule has 7 nitrogen and oxygen atoms in total. The zero-order valence-corrected chi connectivity index (χ0v) is 14.3. The van der Waals surface area contributed by atoms with Gasteiger partial charge in [0.25, 0.3) is 0 Å². The fourth-order valence-corrected chi connectivity index (χ4v) is 2.91. The first-order valence-corrected chi connectivity index (χ1v) is 8.04. The largest absolute Gasteiger partial charge is 0.368 e. The molecule has 2 unspecified atom stereocenters. The molecule has 1 aromatic rings. The van der Waals surface area contributed by atoms with Crippen LogP contribution in [0.1, 0.15) is 25.8 Å². The molecule has 7 heteroatoms. The third-order valence-electron chi connectivity index (χ3n) is 4.37. The molecule has 0 aromatic heterocycles. The number of urea groups is 1. The van der Waals surface area contributed by atoms with Crippen molar-refractivity contribution >= 4 is 23.5 Å². The lowest BCUT2D eigenvalue weighted by atomic mass is 9.97. The number of fused-ring (bicyclic) bond motifs is 1. The number of amides is 4. The van der Waals surface area contributed by atoms with E-state index in [1.54, 1.807) is 0 Å². The van der Waals surface area contributed by atoms with Gasteiger partial charge in [-0.05, 0) is 17.5 Å². The first-order valence-electron chi connectivity index (χ1n) is 8.04. The Kier molecular flexibility index (Phi) is 5.43. The standard InChI is InChI=1S/C17H24N4O3/c1-4-11(2)15-16(23)19-13-8-6-5-7-12(13)9-21(15)17(24)20(3)10-14(18)22/h5-8,11,15H,4,9-10H2,1-3H3,(H2,18,22)(H,19,23). The summed E-state index contributed by atoms with van der Waals surface area (Å²) in [6.07, 6.45) is 0.748. The second-order valence-electron chi connectivity index (χ2n) is 6.21. The Morgan fingerprint density at radius 3 is 2.71 bits per heavy atom. The van der Waals surface area contributed by atoms with Gasteiger partial charge in [-0.2, -0.15) is 0 Å². The van der Waals surface area contributed by atoms with Gasteiger partial charge in [-0.15, -0.1) is 0 Å². The van der Waals surface area contributed by atoms with Crippen LogP contribution in [0, 0.1) is 5.92 Å². The minimum Gasteiger partial charge on any atom is -0.368 e. The van der Waals surface area contributed by atoms with E-state index in [1.165, 1.54) is 16.8 Å². The van der Waals surface area contributed by atoms with Crippen LogP contribution in [0.3, 0.4) is 0 Å². The smallest absolute Gasteiger partial charge is 0.321 e. The Bertz CT molecular complexity index is 646. The van der Waals surface area contributed by atoms with Crippen LogP contribution in [0.4, 0.5) is 10.5 Å². The number of carbonyl (C=O) groups excluding carboxylic acids is 3. The van der Waals surface area contributed by atoms with Crippen LogP contribution in [-0.4, -0.2) is 47.3 Å². The van der Waals surface area contributed by atoms with Crippen LogP contribution < -0.4 is 11.1 Å². The number of nitrogens with zero attached hydrogens (tertiary/aromatic N) is 2. The minimum atomic E-state index is -0.606. The second-order valence-corrected chi connectivity index (χ2v) is 6.21. The van der Waals surface area contributed by atoms with E-state index in [-0.39, 0.29) is 24.4 Å². The quantitative estimate of drug-likeness (QED) is 0.872. The van der Waals surface area contributed by atoms with Crippen molar-refractivity contribution in [3.63, 3.8) is 0 Å². The van der Waals surface area contributed by atoms with Gasteiger partial charge in [0.15, 0.2) is 0 Å². The number of hydrogen-bond acceptors (Lipinski definition) is 3. The van der Waals surface area contributed by atoms with Crippen LogP contribution in [0.2, 0.25) is 0 Å². The summed E-state index contributed by atoms with van der Waals surface area (Å²) in [7, 11) is 1.51. The van der Waals surface area contributed by atoms with Crippen molar-refractivity contribution in [2.45, 2.75) is 32.9 Å². The van der Waals surface area contributed by atoms with Gasteiger partial charge in [-0.1, -0.05) is 38.5 Å². The van der Waals surface area contributed by atoms with Gasteiger partial charge >= 0.3 is 6.03 Å². The number of benzene rings is 1. The highest BCUT2D eigenvalue weighted by Crippen LogP contribution is 2.27. The number of anilines is 1. The van der Waals surface area contributed by atoms with E-state index in [0.29, 0.717) is 12.2 Å². The number of likely N-dealkylation sites (N-methyl/N-ethyl adjacent to an activating group) is 1. The minimum absolute atomic E-state index is 0.0229. The molecule has 0 spiro atoms. The first kappa shape index (κ1) is 17.8. The average Bonchev–Trinajstić information content (AvgIpc) is 2.68. The van der Waals surface area contributed by atoms with Crippen molar-refractivity contribution in [2.24, 2.45) is 11.7 Å². The molecule has 0 aliphatic carbocycles. The van der Waals surface area contributed by atoms with E-state index in [2.05, 4.69) is 5.32 Å². The van der Waals surface area contributed by atoms with Gasteiger partial charge < -0.3 is 20.9 Å². The summed E-state index contributed by atoms with van der Waals surface area (Å²) in [5, 5.41) is 2.91. The number of rotatable bonds is 4. The molecule has 0 saturated heterocycles. The number of nitrogens with two attached hydrogens (primary N) is 1. The fourth-order valence-electron chi connectivity index (χ4n) is 2.91. The summed E-state index contributed by atoms with van der Waals surface area (Å²) in [6, 6.07) is 6.42. The molecule has 1 heterocycles. The lowest BCUT2D eigenvalue weighted by Crippen LogP contribution is -2.53. The summed E-state index contributed by atoms with van der Waals surface area (Å²) in [6.45, 7) is 4.03. The van der Waals surface area contributed by atoms with Crippen LogP contribution >= 0.6 is 0 Å². The fraction of sp³-hybridized carbons (Fsp3) is 0.471. The number of nitrogens with one attached hydrogen (secondary N) is 1. The van der Waals surface area contributed by atoms with E-state index in [9.17, 15) is 14.4 Å². The van der Waals surface area contributed by atoms with Gasteiger partial charge in [-0.25, -0.2) is 4.79 Å². The van der Waals surface area contributed by atoms with Crippen molar-refractivity contribution in [1.82, 2.24) is 9.80 Å². The van der Waals surface area contributed by atoms with Gasteiger partial charge in [0, 0.05) is 12.7 Å². The van der Waals surface area contributed by atoms with E-state index in [4.69, 9.17) is 5.73 Å². The number of primary amides is 1. The molecule has 1 aliphatic heterocycles. The molecule has 0 fully saturated rings. The molecule has 0 bridgehead atoms. The van der Waals surface area contributed by atoms with E-state index >= 15 is 0 Å². The van der Waals surface area contributed by atoms with Crippen LogP contribution in [0.15, 0.2) is 24.3 Å². The normalized spacial score (nSPS) is 18.2. The summed E-state index contributed by atoms with van der Waals surface area (Å²) in [4.78, 5) is 39.5. The van der Waals surface area contributed by atoms with Gasteiger partial charge in [0.2, 0.25) is 11.8 Å². The SMILES string of the molecule is CCC(C)C1C(=O)Nc2ccccc2CN1C(=O)N(C)CC(N)=O. The zero-order chi connectivity index (χ0) is 17.9. The third kappa shape index (κ3) is 3.67. The lowest BCUT2D eigenvalue weighted by molar-refractivity contribution is -0.122. The second kappa shape index (κ2) is 7.33. The highest BCUT2D eigenvalue weighted by Gasteiger charge is 2.37. The van der Waals surface area contributed by atoms with E-state index in [0.717, 1.165) is 12.0 Å². The molecule has 2 rings (SSSR count). The Labute approximate surface area is 141 Å². The molecule has 1 aliphatic rings. The average molecular weight is 332 g/mol. The summed E-state index contributed by atoms with van der Waals surface area (Å²) >= 11 is 0. The Morgan fingerprint density at radius 2 is 2.08 bits per heavy atom. The molecule has 0 radical (unpaired) electrons. The maximum Gasteiger partial charge on any atom is 0.321 e. The van der Waals surface area contributed by atoms with Gasteiger partial charge in [-0.3, -0.25) is 9.59 Å². The Morgan fingerprint density at radius 1 is 1.42 bits per heavy atom. The highest BCUT2D eigenvalue weighted by molar-refractivity contribution is 5.99. The van der Waals surface area contributed by atoms with E-state index < -0.39 is 11.9 Å². The summed E-state index contributed by atoms with van der Waals surface area (Å²) in [5.41, 5.74) is 6.76. The van der Waals surface area contributed by atoms with Crippen LogP contribution in [0.5, 0.6) is 0 Å².